The number of likely N-dealkylation sites (N-methyl/N-ethyl adjacent to an activating group) is 1. The summed E-state index contributed by atoms with van der Waals surface area (Å²) in [6.45, 7) is 10.7. The summed E-state index contributed by atoms with van der Waals surface area (Å²) >= 11 is 1.84. The number of thiazole rings is 1. The van der Waals surface area contributed by atoms with Gasteiger partial charge in [0.1, 0.15) is 0 Å². The third kappa shape index (κ3) is 5.61. The fourth-order valence-electron chi connectivity index (χ4n) is 1.42. The number of hydrogen-bond acceptors (Lipinski definition) is 4. The van der Waals surface area contributed by atoms with Crippen molar-refractivity contribution in [3.05, 3.63) is 15.6 Å². The van der Waals surface area contributed by atoms with Gasteiger partial charge in [-0.25, -0.2) is 4.98 Å². The van der Waals surface area contributed by atoms with Crippen LogP contribution in [0.5, 0.6) is 0 Å². The lowest BCUT2D eigenvalue weighted by Gasteiger charge is -2.19. The van der Waals surface area contributed by atoms with Crippen LogP contribution < -0.4 is 5.32 Å². The average molecular weight is 255 g/mol. The van der Waals surface area contributed by atoms with E-state index in [-0.39, 0.29) is 5.54 Å². The molecule has 0 fully saturated rings. The molecule has 4 heteroatoms. The zero-order valence-electron chi connectivity index (χ0n) is 11.9. The average Bonchev–Trinajstić information content (AvgIpc) is 2.52. The van der Waals surface area contributed by atoms with Gasteiger partial charge >= 0.3 is 0 Å². The van der Waals surface area contributed by atoms with Crippen molar-refractivity contribution >= 4 is 11.3 Å². The predicted molar refractivity (Wildman–Crippen MR) is 75.7 cm³/mol. The first-order chi connectivity index (χ1) is 7.78. The zero-order valence-corrected chi connectivity index (χ0v) is 12.7. The number of rotatable bonds is 5. The van der Waals surface area contributed by atoms with Gasteiger partial charge in [0.05, 0.1) is 10.7 Å². The maximum Gasteiger partial charge on any atom is 0.0944 e. The SMILES string of the molecule is Cc1nc(CCN(C)C)sc1CNC(C)(C)C. The van der Waals surface area contributed by atoms with E-state index in [1.54, 1.807) is 0 Å². The lowest BCUT2D eigenvalue weighted by atomic mass is 10.1. The van der Waals surface area contributed by atoms with E-state index in [1.165, 1.54) is 15.6 Å². The molecule has 0 aliphatic carbocycles. The van der Waals surface area contributed by atoms with Crippen LogP contribution in [0.15, 0.2) is 0 Å². The maximum absolute atomic E-state index is 4.64. The summed E-state index contributed by atoms with van der Waals surface area (Å²) < 4.78 is 0. The highest BCUT2D eigenvalue weighted by Gasteiger charge is 2.12. The second kappa shape index (κ2) is 5.94. The highest BCUT2D eigenvalue weighted by Crippen LogP contribution is 2.19. The smallest absolute Gasteiger partial charge is 0.0944 e. The summed E-state index contributed by atoms with van der Waals surface area (Å²) in [7, 11) is 4.20. The standard InChI is InChI=1S/C13H25N3S/c1-10-11(9-14-13(2,3)4)17-12(15-10)7-8-16(5)6/h14H,7-9H2,1-6H3. The van der Waals surface area contributed by atoms with Crippen LogP contribution in [-0.2, 0) is 13.0 Å². The van der Waals surface area contributed by atoms with Crippen LogP contribution in [-0.4, -0.2) is 36.1 Å². The molecule has 0 radical (unpaired) electrons. The van der Waals surface area contributed by atoms with Crippen molar-refractivity contribution in [1.29, 1.82) is 0 Å². The van der Waals surface area contributed by atoms with Crippen LogP contribution in [0.3, 0.4) is 0 Å². The Morgan fingerprint density at radius 2 is 1.94 bits per heavy atom. The highest BCUT2D eigenvalue weighted by molar-refractivity contribution is 7.11. The molecular weight excluding hydrogens is 230 g/mol. The van der Waals surface area contributed by atoms with Crippen LogP contribution in [0.2, 0.25) is 0 Å². The van der Waals surface area contributed by atoms with E-state index in [4.69, 9.17) is 0 Å². The van der Waals surface area contributed by atoms with E-state index in [9.17, 15) is 0 Å². The molecule has 0 aliphatic heterocycles. The topological polar surface area (TPSA) is 28.2 Å². The molecule has 1 N–H and O–H groups in total. The lowest BCUT2D eigenvalue weighted by Crippen LogP contribution is -2.34. The molecule has 0 amide bonds. The Morgan fingerprint density at radius 3 is 2.47 bits per heavy atom. The summed E-state index contributed by atoms with van der Waals surface area (Å²) in [6, 6.07) is 0. The van der Waals surface area contributed by atoms with Gasteiger partial charge in [-0.15, -0.1) is 11.3 Å². The Morgan fingerprint density at radius 1 is 1.29 bits per heavy atom. The van der Waals surface area contributed by atoms with Gasteiger partial charge in [0.15, 0.2) is 0 Å². The first kappa shape index (κ1) is 14.6. The molecule has 0 atom stereocenters. The first-order valence-corrected chi connectivity index (χ1v) is 6.94. The summed E-state index contributed by atoms with van der Waals surface area (Å²) in [5.74, 6) is 0. The summed E-state index contributed by atoms with van der Waals surface area (Å²) in [5, 5.41) is 4.77. The van der Waals surface area contributed by atoms with Crippen LogP contribution >= 0.6 is 11.3 Å². The second-order valence-corrected chi connectivity index (χ2v) is 6.94. The molecule has 0 unspecified atom stereocenters. The molecule has 17 heavy (non-hydrogen) atoms. The number of nitrogens with zero attached hydrogens (tertiary/aromatic N) is 2. The Bertz CT molecular complexity index is 350. The molecule has 1 aromatic heterocycles. The summed E-state index contributed by atoms with van der Waals surface area (Å²) in [4.78, 5) is 8.20. The minimum absolute atomic E-state index is 0.167. The van der Waals surface area contributed by atoms with Gasteiger partial charge in [-0.3, -0.25) is 0 Å². The van der Waals surface area contributed by atoms with Crippen molar-refractivity contribution < 1.29 is 0 Å². The van der Waals surface area contributed by atoms with Crippen LogP contribution in [0.25, 0.3) is 0 Å². The predicted octanol–water partition coefficient (Wildman–Crippen LogP) is 2.44. The van der Waals surface area contributed by atoms with Gasteiger partial charge < -0.3 is 10.2 Å². The van der Waals surface area contributed by atoms with Gasteiger partial charge in [0.2, 0.25) is 0 Å². The third-order valence-corrected chi connectivity index (χ3v) is 3.71. The molecule has 1 aromatic rings. The minimum Gasteiger partial charge on any atom is -0.309 e. The van der Waals surface area contributed by atoms with E-state index < -0.39 is 0 Å². The monoisotopic (exact) mass is 255 g/mol. The molecule has 0 aromatic carbocycles. The van der Waals surface area contributed by atoms with E-state index in [0.717, 1.165) is 19.5 Å². The molecule has 98 valence electrons. The molecule has 3 nitrogen and oxygen atoms in total. The number of nitrogens with one attached hydrogen (secondary N) is 1. The lowest BCUT2D eigenvalue weighted by molar-refractivity contribution is 0.413. The van der Waals surface area contributed by atoms with Gasteiger partial charge in [-0.2, -0.15) is 0 Å². The van der Waals surface area contributed by atoms with Gasteiger partial charge in [0, 0.05) is 29.9 Å². The first-order valence-electron chi connectivity index (χ1n) is 6.13. The van der Waals surface area contributed by atoms with E-state index in [0.29, 0.717) is 0 Å². The molecule has 0 bridgehead atoms. The van der Waals surface area contributed by atoms with Gasteiger partial charge in [-0.1, -0.05) is 0 Å². The summed E-state index contributed by atoms with van der Waals surface area (Å²) in [6.07, 6.45) is 1.05. The molecule has 1 rings (SSSR count). The molecule has 1 heterocycles. The molecule has 0 spiro atoms. The van der Waals surface area contributed by atoms with Crippen molar-refractivity contribution in [1.82, 2.24) is 15.2 Å². The Hall–Kier alpha value is -0.450. The van der Waals surface area contributed by atoms with Crippen molar-refractivity contribution in [2.24, 2.45) is 0 Å². The Balaban J connectivity index is 2.56. The van der Waals surface area contributed by atoms with Crippen molar-refractivity contribution in [2.45, 2.75) is 46.2 Å². The summed E-state index contributed by atoms with van der Waals surface area (Å²) in [5.41, 5.74) is 1.35. The van der Waals surface area contributed by atoms with Crippen molar-refractivity contribution in [2.75, 3.05) is 20.6 Å². The Kier molecular flexibility index (Phi) is 5.10. The molecule has 0 aliphatic rings. The van der Waals surface area contributed by atoms with E-state index in [2.05, 4.69) is 57.0 Å². The second-order valence-electron chi connectivity index (χ2n) is 5.77. The van der Waals surface area contributed by atoms with E-state index in [1.807, 2.05) is 11.3 Å². The molecule has 0 saturated heterocycles. The largest absolute Gasteiger partial charge is 0.309 e. The highest BCUT2D eigenvalue weighted by atomic mass is 32.1. The fourth-order valence-corrected chi connectivity index (χ4v) is 2.42. The minimum atomic E-state index is 0.167. The number of aromatic nitrogens is 1. The number of hydrogen-bond donors (Lipinski definition) is 1. The van der Waals surface area contributed by atoms with Crippen LogP contribution in [0.4, 0.5) is 0 Å². The van der Waals surface area contributed by atoms with Crippen LogP contribution in [0, 0.1) is 6.92 Å². The zero-order chi connectivity index (χ0) is 13.1. The fraction of sp³-hybridized carbons (Fsp3) is 0.769. The van der Waals surface area contributed by atoms with Crippen molar-refractivity contribution in [3.63, 3.8) is 0 Å². The quantitative estimate of drug-likeness (QED) is 0.876. The maximum atomic E-state index is 4.64. The normalized spacial score (nSPS) is 12.4. The number of aryl methyl sites for hydroxylation is 1. The van der Waals surface area contributed by atoms with Gasteiger partial charge in [0.25, 0.3) is 0 Å². The molecule has 0 saturated carbocycles. The van der Waals surface area contributed by atoms with Crippen molar-refractivity contribution in [3.8, 4) is 0 Å². The van der Waals surface area contributed by atoms with Crippen LogP contribution in [0.1, 0.15) is 36.3 Å². The van der Waals surface area contributed by atoms with E-state index >= 15 is 0 Å². The van der Waals surface area contributed by atoms with Gasteiger partial charge in [-0.05, 0) is 41.8 Å². The third-order valence-electron chi connectivity index (χ3n) is 2.49. The molecular formula is C13H25N3S. The Labute approximate surface area is 109 Å².